The number of carbonyl (C=O) groups excluding carboxylic acids is 2. The van der Waals surface area contributed by atoms with Crippen LogP contribution in [-0.4, -0.2) is 23.3 Å². The van der Waals surface area contributed by atoms with E-state index in [2.05, 4.69) is 4.74 Å². The fourth-order valence-electron chi connectivity index (χ4n) is 2.51. The summed E-state index contributed by atoms with van der Waals surface area (Å²) in [5, 5.41) is 10.4. The number of aliphatic hydroxyl groups is 1. The molecule has 0 saturated heterocycles. The van der Waals surface area contributed by atoms with Crippen molar-refractivity contribution in [3.8, 4) is 5.75 Å². The number of anilines is 1. The van der Waals surface area contributed by atoms with Crippen LogP contribution in [0.4, 0.5) is 18.9 Å². The van der Waals surface area contributed by atoms with E-state index in [0.29, 0.717) is 4.90 Å². The van der Waals surface area contributed by atoms with Crippen molar-refractivity contribution >= 4 is 46.3 Å². The summed E-state index contributed by atoms with van der Waals surface area (Å²) >= 11 is 11.8. The van der Waals surface area contributed by atoms with Gasteiger partial charge in [-0.05, 0) is 24.3 Å². The lowest BCUT2D eigenvalue weighted by Crippen LogP contribution is -2.31. The quantitative estimate of drug-likeness (QED) is 0.732. The van der Waals surface area contributed by atoms with Gasteiger partial charge in [-0.15, -0.1) is 13.2 Å². The molecule has 0 bridgehead atoms. The van der Waals surface area contributed by atoms with Crippen molar-refractivity contribution in [1.29, 1.82) is 0 Å². The van der Waals surface area contributed by atoms with Gasteiger partial charge in [0.15, 0.2) is 5.76 Å². The SMILES string of the molecule is O=C1C(O)=C(c2ccc(Cl)cc2Cl)C(=O)N1c1cccc(OC(F)(F)F)c1. The number of amides is 2. The highest BCUT2D eigenvalue weighted by atomic mass is 35.5. The lowest BCUT2D eigenvalue weighted by Gasteiger charge is -2.16. The Balaban J connectivity index is 2.00. The molecule has 0 radical (unpaired) electrons. The van der Waals surface area contributed by atoms with Crippen molar-refractivity contribution in [2.24, 2.45) is 0 Å². The minimum atomic E-state index is -4.94. The van der Waals surface area contributed by atoms with Crippen LogP contribution in [0.25, 0.3) is 5.57 Å². The molecule has 2 aromatic rings. The van der Waals surface area contributed by atoms with Gasteiger partial charge in [-0.2, -0.15) is 0 Å². The van der Waals surface area contributed by atoms with Gasteiger partial charge >= 0.3 is 12.3 Å². The molecule has 140 valence electrons. The van der Waals surface area contributed by atoms with E-state index in [0.717, 1.165) is 12.1 Å². The lowest BCUT2D eigenvalue weighted by atomic mass is 10.1. The van der Waals surface area contributed by atoms with Crippen molar-refractivity contribution in [3.05, 3.63) is 63.8 Å². The molecule has 1 N–H and O–H groups in total. The molecule has 0 aromatic heterocycles. The molecule has 0 unspecified atom stereocenters. The van der Waals surface area contributed by atoms with E-state index in [-0.39, 0.29) is 26.9 Å². The van der Waals surface area contributed by atoms with Gasteiger partial charge in [0.2, 0.25) is 0 Å². The molecule has 2 aromatic carbocycles. The summed E-state index contributed by atoms with van der Waals surface area (Å²) in [5.74, 6) is -3.57. The number of ether oxygens (including phenoxy) is 1. The number of rotatable bonds is 3. The number of imide groups is 1. The van der Waals surface area contributed by atoms with Crippen LogP contribution >= 0.6 is 23.2 Å². The highest BCUT2D eigenvalue weighted by Gasteiger charge is 2.41. The molecule has 1 aliphatic heterocycles. The summed E-state index contributed by atoms with van der Waals surface area (Å²) in [6.45, 7) is 0. The second-order valence-electron chi connectivity index (χ2n) is 5.34. The highest BCUT2D eigenvalue weighted by Crippen LogP contribution is 2.37. The van der Waals surface area contributed by atoms with Gasteiger partial charge in [0.1, 0.15) is 5.75 Å². The molecule has 1 heterocycles. The number of alkyl halides is 3. The van der Waals surface area contributed by atoms with Gasteiger partial charge in [-0.25, -0.2) is 4.90 Å². The topological polar surface area (TPSA) is 66.8 Å². The fourth-order valence-corrected chi connectivity index (χ4v) is 3.01. The van der Waals surface area contributed by atoms with E-state index in [4.69, 9.17) is 23.2 Å². The molecule has 0 atom stereocenters. The summed E-state index contributed by atoms with van der Waals surface area (Å²) in [7, 11) is 0. The van der Waals surface area contributed by atoms with Crippen LogP contribution in [-0.2, 0) is 9.59 Å². The van der Waals surface area contributed by atoms with E-state index >= 15 is 0 Å². The minimum Gasteiger partial charge on any atom is -0.502 e. The average molecular weight is 418 g/mol. The van der Waals surface area contributed by atoms with Gasteiger partial charge in [-0.1, -0.05) is 35.3 Å². The van der Waals surface area contributed by atoms with Crippen LogP contribution in [0.3, 0.4) is 0 Å². The van der Waals surface area contributed by atoms with Crippen molar-refractivity contribution in [3.63, 3.8) is 0 Å². The number of nitrogens with zero attached hydrogens (tertiary/aromatic N) is 1. The first-order chi connectivity index (χ1) is 12.6. The van der Waals surface area contributed by atoms with Gasteiger partial charge < -0.3 is 9.84 Å². The molecule has 1 aliphatic rings. The Kier molecular flexibility index (Phi) is 4.79. The van der Waals surface area contributed by atoms with Crippen LogP contribution in [0.15, 0.2) is 48.2 Å². The van der Waals surface area contributed by atoms with E-state index < -0.39 is 29.7 Å². The first-order valence-corrected chi connectivity index (χ1v) is 7.97. The number of benzene rings is 2. The number of carbonyl (C=O) groups is 2. The maximum absolute atomic E-state index is 12.7. The van der Waals surface area contributed by atoms with Crippen molar-refractivity contribution in [2.75, 3.05) is 4.90 Å². The normalized spacial score (nSPS) is 14.9. The second-order valence-corrected chi connectivity index (χ2v) is 6.18. The van der Waals surface area contributed by atoms with Crippen molar-refractivity contribution < 1.29 is 32.6 Å². The predicted molar refractivity (Wildman–Crippen MR) is 91.6 cm³/mol. The Labute approximate surface area is 160 Å². The van der Waals surface area contributed by atoms with Crippen LogP contribution < -0.4 is 9.64 Å². The number of aliphatic hydroxyl groups excluding tert-OH is 1. The van der Waals surface area contributed by atoms with Crippen LogP contribution in [0, 0.1) is 0 Å². The Morgan fingerprint density at radius 2 is 1.70 bits per heavy atom. The molecule has 0 spiro atoms. The lowest BCUT2D eigenvalue weighted by molar-refractivity contribution is -0.274. The molecule has 5 nitrogen and oxygen atoms in total. The largest absolute Gasteiger partial charge is 0.573 e. The molecule has 0 aliphatic carbocycles. The zero-order valence-electron chi connectivity index (χ0n) is 13.1. The predicted octanol–water partition coefficient (Wildman–Crippen LogP) is 4.73. The third kappa shape index (κ3) is 3.72. The van der Waals surface area contributed by atoms with Gasteiger partial charge in [0.05, 0.1) is 16.3 Å². The number of hydrogen-bond donors (Lipinski definition) is 1. The molecule has 0 fully saturated rings. The Morgan fingerprint density at radius 1 is 1.00 bits per heavy atom. The zero-order valence-corrected chi connectivity index (χ0v) is 14.6. The van der Waals surface area contributed by atoms with Crippen LogP contribution in [0.1, 0.15) is 5.56 Å². The number of halogens is 5. The molecule has 3 rings (SSSR count). The van der Waals surface area contributed by atoms with E-state index in [9.17, 15) is 27.9 Å². The summed E-state index contributed by atoms with van der Waals surface area (Å²) < 4.78 is 40.9. The maximum atomic E-state index is 12.7. The van der Waals surface area contributed by atoms with E-state index in [1.165, 1.54) is 30.3 Å². The molecule has 2 amide bonds. The van der Waals surface area contributed by atoms with Crippen LogP contribution in [0.5, 0.6) is 5.75 Å². The van der Waals surface area contributed by atoms with Crippen LogP contribution in [0.2, 0.25) is 10.0 Å². The summed E-state index contributed by atoms with van der Waals surface area (Å²) in [6, 6.07) is 8.31. The average Bonchev–Trinajstić information content (AvgIpc) is 2.76. The van der Waals surface area contributed by atoms with E-state index in [1.807, 2.05) is 0 Å². The smallest absolute Gasteiger partial charge is 0.502 e. The standard InChI is InChI=1S/C17H8Cl2F3NO4/c18-8-4-5-11(12(19)6-8)13-14(24)16(26)23(15(13)25)9-2-1-3-10(7-9)27-17(20,21)22/h1-7,24H. The minimum absolute atomic E-state index is 0.0150. The second kappa shape index (κ2) is 6.79. The molecule has 0 saturated carbocycles. The summed E-state index contributed by atoms with van der Waals surface area (Å²) in [4.78, 5) is 25.6. The summed E-state index contributed by atoms with van der Waals surface area (Å²) in [6.07, 6.45) is -4.94. The van der Waals surface area contributed by atoms with Gasteiger partial charge in [0, 0.05) is 16.7 Å². The summed E-state index contributed by atoms with van der Waals surface area (Å²) in [5.41, 5.74) is -0.538. The molecular weight excluding hydrogens is 410 g/mol. The van der Waals surface area contributed by atoms with Crippen molar-refractivity contribution in [1.82, 2.24) is 0 Å². The molecule has 27 heavy (non-hydrogen) atoms. The Bertz CT molecular complexity index is 988. The Morgan fingerprint density at radius 3 is 2.33 bits per heavy atom. The highest BCUT2D eigenvalue weighted by molar-refractivity contribution is 6.47. The van der Waals surface area contributed by atoms with E-state index in [1.54, 1.807) is 0 Å². The van der Waals surface area contributed by atoms with Gasteiger partial charge in [0.25, 0.3) is 5.91 Å². The first kappa shape index (κ1) is 19.1. The number of hydrogen-bond acceptors (Lipinski definition) is 4. The Hall–Kier alpha value is -2.71. The van der Waals surface area contributed by atoms with Gasteiger partial charge in [-0.3, -0.25) is 9.59 Å². The molecular formula is C17H8Cl2F3NO4. The molecule has 10 heteroatoms. The maximum Gasteiger partial charge on any atom is 0.573 e. The third-order valence-electron chi connectivity index (χ3n) is 3.57. The third-order valence-corrected chi connectivity index (χ3v) is 4.12. The monoisotopic (exact) mass is 417 g/mol. The fraction of sp³-hybridized carbons (Fsp3) is 0.0588. The zero-order chi connectivity index (χ0) is 19.9. The van der Waals surface area contributed by atoms with Crippen molar-refractivity contribution in [2.45, 2.75) is 6.36 Å². The first-order valence-electron chi connectivity index (χ1n) is 7.22.